The van der Waals surface area contributed by atoms with Crippen molar-refractivity contribution < 1.29 is 24.2 Å². The Kier molecular flexibility index (Phi) is 8.68. The molecule has 4 rings (SSSR count). The van der Waals surface area contributed by atoms with E-state index < -0.39 is 35.6 Å². The van der Waals surface area contributed by atoms with Crippen LogP contribution >= 0.6 is 0 Å². The maximum Gasteiger partial charge on any atom is 0.258 e. The quantitative estimate of drug-likeness (QED) is 0.439. The minimum atomic E-state index is -1.15. The van der Waals surface area contributed by atoms with Crippen molar-refractivity contribution in [3.05, 3.63) is 47.7 Å². The number of aliphatic hydroxyl groups excluding tert-OH is 1. The number of nitrogens with one attached hydrogen (secondary N) is 3. The second-order valence-electron chi connectivity index (χ2n) is 11.3. The fraction of sp³-hybridized carbons (Fsp3) is 0.517. The van der Waals surface area contributed by atoms with Crippen LogP contribution in [-0.2, 0) is 19.1 Å². The maximum atomic E-state index is 13.1. The van der Waals surface area contributed by atoms with Crippen molar-refractivity contribution in [3.8, 4) is 0 Å². The molecule has 0 spiro atoms. The van der Waals surface area contributed by atoms with Crippen LogP contribution in [0.1, 0.15) is 64.8 Å². The lowest BCUT2D eigenvalue weighted by molar-refractivity contribution is -0.148. The van der Waals surface area contributed by atoms with Crippen molar-refractivity contribution in [2.45, 2.75) is 77.8 Å². The van der Waals surface area contributed by atoms with Crippen LogP contribution in [-0.4, -0.2) is 70.3 Å². The molecule has 39 heavy (non-hydrogen) atoms. The molecule has 210 valence electrons. The summed E-state index contributed by atoms with van der Waals surface area (Å²) in [5.74, 6) is -1.18. The number of hydrazine groups is 1. The van der Waals surface area contributed by atoms with Gasteiger partial charge in [0.25, 0.3) is 11.8 Å². The fourth-order valence-electron chi connectivity index (χ4n) is 4.72. The Hall–Kier alpha value is -3.34. The summed E-state index contributed by atoms with van der Waals surface area (Å²) in [6.07, 6.45) is 2.93. The van der Waals surface area contributed by atoms with Crippen LogP contribution in [0.4, 0.5) is 0 Å². The first-order chi connectivity index (χ1) is 18.4. The van der Waals surface area contributed by atoms with Crippen LogP contribution in [0.5, 0.6) is 0 Å². The Bertz CT molecular complexity index is 1260. The van der Waals surface area contributed by atoms with Crippen molar-refractivity contribution >= 4 is 34.7 Å². The number of hydrogen-bond acceptors (Lipinski definition) is 7. The lowest BCUT2D eigenvalue weighted by Gasteiger charge is -2.35. The summed E-state index contributed by atoms with van der Waals surface area (Å²) < 4.78 is 5.88. The Balaban J connectivity index is 1.67. The van der Waals surface area contributed by atoms with E-state index in [-0.39, 0.29) is 24.5 Å². The normalized spacial score (nSPS) is 27.6. The number of nitrogens with zero attached hydrogens (tertiary/aromatic N) is 2. The zero-order chi connectivity index (χ0) is 28.3. The van der Waals surface area contributed by atoms with Gasteiger partial charge in [0.05, 0.1) is 30.0 Å². The lowest BCUT2D eigenvalue weighted by Crippen LogP contribution is -2.61. The first kappa shape index (κ1) is 28.7. The molecule has 0 saturated carbocycles. The summed E-state index contributed by atoms with van der Waals surface area (Å²) >= 11 is 0. The second-order valence-corrected chi connectivity index (χ2v) is 11.3. The Morgan fingerprint density at radius 1 is 1.08 bits per heavy atom. The van der Waals surface area contributed by atoms with Gasteiger partial charge in [-0.1, -0.05) is 44.2 Å². The number of pyridine rings is 1. The molecule has 10 heteroatoms. The molecule has 3 heterocycles. The highest BCUT2D eigenvalue weighted by atomic mass is 16.5. The number of aliphatic hydroxyl groups is 1. The van der Waals surface area contributed by atoms with E-state index in [2.05, 4.69) is 16.1 Å². The average Bonchev–Trinajstić information content (AvgIpc) is 2.90. The first-order valence-electron chi connectivity index (χ1n) is 13.5. The van der Waals surface area contributed by atoms with Crippen molar-refractivity contribution in [1.29, 1.82) is 0 Å². The molecule has 4 N–H and O–H groups in total. The molecule has 1 saturated heterocycles. The van der Waals surface area contributed by atoms with Crippen LogP contribution < -0.4 is 16.1 Å². The molecule has 1 aromatic carbocycles. The average molecular weight is 538 g/mol. The van der Waals surface area contributed by atoms with Gasteiger partial charge in [-0.05, 0) is 51.3 Å². The number of carbonyl (C=O) groups excluding carboxylic acids is 3. The summed E-state index contributed by atoms with van der Waals surface area (Å²) in [5, 5.41) is 18.3. The number of fused-ring (bicyclic) bond motifs is 4. The third kappa shape index (κ3) is 7.00. The highest BCUT2D eigenvalue weighted by molar-refractivity contribution is 5.90. The van der Waals surface area contributed by atoms with E-state index in [0.29, 0.717) is 19.4 Å². The van der Waals surface area contributed by atoms with E-state index in [9.17, 15) is 19.5 Å². The minimum Gasteiger partial charge on any atom is -0.390 e. The van der Waals surface area contributed by atoms with Crippen LogP contribution in [0.3, 0.4) is 0 Å². The molecule has 2 aliphatic heterocycles. The monoisotopic (exact) mass is 537 g/mol. The molecule has 1 aromatic heterocycles. The maximum absolute atomic E-state index is 13.1. The molecular weight excluding hydrogens is 498 g/mol. The Morgan fingerprint density at radius 3 is 2.54 bits per heavy atom. The van der Waals surface area contributed by atoms with E-state index in [0.717, 1.165) is 22.2 Å². The molecule has 10 nitrogen and oxygen atoms in total. The summed E-state index contributed by atoms with van der Waals surface area (Å²) in [6, 6.07) is 8.06. The van der Waals surface area contributed by atoms with Gasteiger partial charge >= 0.3 is 0 Å². The summed E-state index contributed by atoms with van der Waals surface area (Å²) in [6.45, 7) is 9.47. The molecule has 2 aromatic rings. The summed E-state index contributed by atoms with van der Waals surface area (Å²) in [7, 11) is 0. The zero-order valence-corrected chi connectivity index (χ0v) is 23.2. The van der Waals surface area contributed by atoms with Crippen LogP contribution in [0.25, 0.3) is 17.0 Å². The first-order valence-corrected chi connectivity index (χ1v) is 13.5. The van der Waals surface area contributed by atoms with Gasteiger partial charge in [-0.3, -0.25) is 24.4 Å². The van der Waals surface area contributed by atoms with Gasteiger partial charge in [0.1, 0.15) is 12.1 Å². The molecule has 2 aliphatic rings. The predicted molar refractivity (Wildman–Crippen MR) is 148 cm³/mol. The standard InChI is InChI=1S/C29H39N5O5/c1-17-22-11-10-21-9-8-20(15-24(21)32-22)12-13-29(4,5)16-39-25(19(3)35)27(37)31-18(2)28(38)34-14-6-7-23(33-34)26(36)30-17/h8-13,15,17-19,23,25,33,35H,6-7,14,16H2,1-5H3,(H,30,36)(H,31,37). The zero-order valence-electron chi connectivity index (χ0n) is 23.2. The van der Waals surface area contributed by atoms with Crippen molar-refractivity contribution in [2.75, 3.05) is 13.2 Å². The van der Waals surface area contributed by atoms with E-state index in [1.54, 1.807) is 6.92 Å². The summed E-state index contributed by atoms with van der Waals surface area (Å²) in [4.78, 5) is 44.1. The van der Waals surface area contributed by atoms with Gasteiger partial charge in [-0.2, -0.15) is 0 Å². The molecular formula is C29H39N5O5. The van der Waals surface area contributed by atoms with Gasteiger partial charge in [0.2, 0.25) is 5.91 Å². The SMILES string of the molecule is CC1NC(=O)C(C(C)O)OCC(C)(C)C=Cc2ccc3ccc(nc3c2)C(C)NC(=O)C2CCCN(N2)C1=O. The van der Waals surface area contributed by atoms with Gasteiger partial charge < -0.3 is 20.5 Å². The summed E-state index contributed by atoms with van der Waals surface area (Å²) in [5.41, 5.74) is 5.06. The van der Waals surface area contributed by atoms with Crippen LogP contribution in [0.2, 0.25) is 0 Å². The number of hydrogen-bond donors (Lipinski definition) is 4. The topological polar surface area (TPSA) is 133 Å². The van der Waals surface area contributed by atoms with Gasteiger partial charge in [0.15, 0.2) is 6.10 Å². The van der Waals surface area contributed by atoms with E-state index in [4.69, 9.17) is 9.72 Å². The van der Waals surface area contributed by atoms with Crippen molar-refractivity contribution in [3.63, 3.8) is 0 Å². The number of benzene rings is 1. The number of ether oxygens (including phenoxy) is 1. The minimum absolute atomic E-state index is 0.172. The Morgan fingerprint density at radius 2 is 1.79 bits per heavy atom. The second kappa shape index (κ2) is 11.8. The number of amides is 3. The molecule has 5 atom stereocenters. The van der Waals surface area contributed by atoms with Crippen LogP contribution in [0, 0.1) is 5.41 Å². The van der Waals surface area contributed by atoms with Gasteiger partial charge in [-0.15, -0.1) is 0 Å². The van der Waals surface area contributed by atoms with Gasteiger partial charge in [-0.25, -0.2) is 5.43 Å². The Labute approximate surface area is 229 Å². The predicted octanol–water partition coefficient (Wildman–Crippen LogP) is 2.23. The van der Waals surface area contributed by atoms with Crippen molar-refractivity contribution in [1.82, 2.24) is 26.1 Å². The highest BCUT2D eigenvalue weighted by Gasteiger charge is 2.34. The fourth-order valence-corrected chi connectivity index (χ4v) is 4.72. The van der Waals surface area contributed by atoms with E-state index >= 15 is 0 Å². The third-order valence-corrected chi connectivity index (χ3v) is 7.10. The van der Waals surface area contributed by atoms with E-state index in [1.165, 1.54) is 11.9 Å². The molecule has 5 bridgehead atoms. The van der Waals surface area contributed by atoms with Crippen molar-refractivity contribution in [2.24, 2.45) is 5.41 Å². The molecule has 0 radical (unpaired) electrons. The molecule has 0 aliphatic carbocycles. The molecule has 1 fully saturated rings. The lowest BCUT2D eigenvalue weighted by atomic mass is 9.93. The van der Waals surface area contributed by atoms with E-state index in [1.807, 2.05) is 63.3 Å². The third-order valence-electron chi connectivity index (χ3n) is 7.10. The molecule has 5 unspecified atom stereocenters. The van der Waals surface area contributed by atoms with Crippen LogP contribution in [0.15, 0.2) is 36.4 Å². The van der Waals surface area contributed by atoms with Gasteiger partial charge in [0, 0.05) is 17.3 Å². The number of carbonyl (C=O) groups is 3. The largest absolute Gasteiger partial charge is 0.390 e. The smallest absolute Gasteiger partial charge is 0.258 e. The molecule has 3 amide bonds. The number of aromatic nitrogens is 1. The number of rotatable bonds is 1. The highest BCUT2D eigenvalue weighted by Crippen LogP contribution is 2.24.